The van der Waals surface area contributed by atoms with Gasteiger partial charge in [0.25, 0.3) is 0 Å². The van der Waals surface area contributed by atoms with Gasteiger partial charge in [-0.2, -0.15) is 0 Å². The van der Waals surface area contributed by atoms with E-state index in [0.717, 1.165) is 12.8 Å². The van der Waals surface area contributed by atoms with Gasteiger partial charge in [-0.3, -0.25) is 4.79 Å². The van der Waals surface area contributed by atoms with Gasteiger partial charge in [0.15, 0.2) is 0 Å². The summed E-state index contributed by atoms with van der Waals surface area (Å²) in [7, 11) is 0. The van der Waals surface area contributed by atoms with Gasteiger partial charge in [-0.15, -0.1) is 0 Å². The van der Waals surface area contributed by atoms with Crippen LogP contribution in [0.2, 0.25) is 0 Å². The highest BCUT2D eigenvalue weighted by molar-refractivity contribution is 5.76. The van der Waals surface area contributed by atoms with Crippen molar-refractivity contribution >= 4 is 5.91 Å². The minimum absolute atomic E-state index is 0.170. The maximum Gasteiger partial charge on any atom is 0.223 e. The van der Waals surface area contributed by atoms with Crippen LogP contribution < -0.4 is 0 Å². The smallest absolute Gasteiger partial charge is 0.223 e. The second kappa shape index (κ2) is 6.20. The van der Waals surface area contributed by atoms with Crippen molar-refractivity contribution in [2.75, 3.05) is 0 Å². The Morgan fingerprint density at radius 2 is 2.00 bits per heavy atom. The van der Waals surface area contributed by atoms with Gasteiger partial charge in [0.1, 0.15) is 0 Å². The molecule has 0 aromatic heterocycles. The second-order valence-electron chi connectivity index (χ2n) is 5.63. The molecule has 0 heterocycles. The normalized spacial score (nSPS) is 16.2. The van der Waals surface area contributed by atoms with E-state index in [0.29, 0.717) is 25.4 Å². The summed E-state index contributed by atoms with van der Waals surface area (Å²) in [5.41, 5.74) is 2.42. The average Bonchev–Trinajstić information content (AvgIpc) is 3.19. The first kappa shape index (κ1) is 14.1. The quantitative estimate of drug-likeness (QED) is 0.855. The van der Waals surface area contributed by atoms with Crippen molar-refractivity contribution in [1.29, 1.82) is 0 Å². The molecular weight excluding hydrogens is 238 g/mol. The van der Waals surface area contributed by atoms with Gasteiger partial charge < -0.3 is 10.0 Å². The van der Waals surface area contributed by atoms with Crippen LogP contribution in [0.1, 0.15) is 43.7 Å². The van der Waals surface area contributed by atoms with Gasteiger partial charge in [-0.25, -0.2) is 0 Å². The van der Waals surface area contributed by atoms with E-state index < -0.39 is 6.10 Å². The number of carbonyl (C=O) groups excluding carboxylic acids is 1. The van der Waals surface area contributed by atoms with Gasteiger partial charge in [0.2, 0.25) is 5.91 Å². The third-order valence-electron chi connectivity index (χ3n) is 3.56. The Morgan fingerprint density at radius 1 is 1.37 bits per heavy atom. The topological polar surface area (TPSA) is 40.5 Å². The standard InChI is InChI=1S/C16H23NO2/c1-12-3-6-14(7-4-12)11-17(15-8-9-15)16(19)10-5-13(2)18/h3-4,6-7,13,15,18H,5,8-11H2,1-2H3. The van der Waals surface area contributed by atoms with Crippen molar-refractivity contribution in [3.63, 3.8) is 0 Å². The van der Waals surface area contributed by atoms with E-state index in [9.17, 15) is 9.90 Å². The van der Waals surface area contributed by atoms with Crippen molar-refractivity contribution in [1.82, 2.24) is 4.90 Å². The summed E-state index contributed by atoms with van der Waals surface area (Å²) in [4.78, 5) is 14.2. The minimum Gasteiger partial charge on any atom is -0.393 e. The number of rotatable bonds is 6. The lowest BCUT2D eigenvalue weighted by Gasteiger charge is -2.23. The number of hydrogen-bond donors (Lipinski definition) is 1. The highest BCUT2D eigenvalue weighted by Crippen LogP contribution is 2.29. The highest BCUT2D eigenvalue weighted by Gasteiger charge is 2.32. The Hall–Kier alpha value is -1.35. The summed E-state index contributed by atoms with van der Waals surface area (Å²) in [5.74, 6) is 0.170. The molecule has 1 unspecified atom stereocenters. The van der Waals surface area contributed by atoms with Gasteiger partial charge in [-0.1, -0.05) is 29.8 Å². The molecule has 1 aliphatic carbocycles. The molecule has 0 aliphatic heterocycles. The van der Waals surface area contributed by atoms with E-state index in [1.54, 1.807) is 6.92 Å². The lowest BCUT2D eigenvalue weighted by molar-refractivity contribution is -0.133. The zero-order valence-corrected chi connectivity index (χ0v) is 11.8. The maximum absolute atomic E-state index is 12.2. The second-order valence-corrected chi connectivity index (χ2v) is 5.63. The molecule has 1 aromatic carbocycles. The molecule has 1 saturated carbocycles. The molecule has 3 nitrogen and oxygen atoms in total. The van der Waals surface area contributed by atoms with Crippen LogP contribution in [0.15, 0.2) is 24.3 Å². The van der Waals surface area contributed by atoms with Gasteiger partial charge in [0, 0.05) is 19.0 Å². The van der Waals surface area contributed by atoms with Crippen LogP contribution in [-0.4, -0.2) is 28.1 Å². The number of hydrogen-bond acceptors (Lipinski definition) is 2. The Kier molecular flexibility index (Phi) is 4.59. The zero-order valence-electron chi connectivity index (χ0n) is 11.8. The SMILES string of the molecule is Cc1ccc(CN(C(=O)CCC(C)O)C2CC2)cc1. The predicted octanol–water partition coefficient (Wildman–Crippen LogP) is 2.65. The van der Waals surface area contributed by atoms with Crippen molar-refractivity contribution < 1.29 is 9.90 Å². The van der Waals surface area contributed by atoms with Crippen molar-refractivity contribution in [3.05, 3.63) is 35.4 Å². The fourth-order valence-electron chi connectivity index (χ4n) is 2.17. The van der Waals surface area contributed by atoms with E-state index in [2.05, 4.69) is 31.2 Å². The van der Waals surface area contributed by atoms with Crippen LogP contribution in [0.25, 0.3) is 0 Å². The van der Waals surface area contributed by atoms with Crippen molar-refractivity contribution in [2.45, 2.75) is 58.2 Å². The minimum atomic E-state index is -0.399. The zero-order chi connectivity index (χ0) is 13.8. The average molecular weight is 261 g/mol. The monoisotopic (exact) mass is 261 g/mol. The maximum atomic E-state index is 12.2. The first-order valence-electron chi connectivity index (χ1n) is 7.09. The summed E-state index contributed by atoms with van der Waals surface area (Å²) in [6.07, 6.45) is 2.83. The number of carbonyl (C=O) groups is 1. The molecule has 1 aliphatic rings. The molecule has 19 heavy (non-hydrogen) atoms. The van der Waals surface area contributed by atoms with Gasteiger partial charge >= 0.3 is 0 Å². The predicted molar refractivity (Wildman–Crippen MR) is 75.7 cm³/mol. The van der Waals surface area contributed by atoms with Crippen molar-refractivity contribution in [2.24, 2.45) is 0 Å². The van der Waals surface area contributed by atoms with E-state index in [-0.39, 0.29) is 5.91 Å². The Balaban J connectivity index is 1.96. The fraction of sp³-hybridized carbons (Fsp3) is 0.562. The van der Waals surface area contributed by atoms with Crippen LogP contribution >= 0.6 is 0 Å². The molecule has 0 saturated heterocycles. The lowest BCUT2D eigenvalue weighted by atomic mass is 10.1. The van der Waals surface area contributed by atoms with Crippen LogP contribution in [0.3, 0.4) is 0 Å². The summed E-state index contributed by atoms with van der Waals surface area (Å²) in [5, 5.41) is 9.29. The molecule has 0 bridgehead atoms. The van der Waals surface area contributed by atoms with Crippen molar-refractivity contribution in [3.8, 4) is 0 Å². The third kappa shape index (κ3) is 4.35. The molecule has 1 aromatic rings. The highest BCUT2D eigenvalue weighted by atomic mass is 16.3. The van der Waals surface area contributed by atoms with Gasteiger partial charge in [0.05, 0.1) is 6.10 Å². The molecule has 3 heteroatoms. The Labute approximate surface area is 115 Å². The molecule has 0 radical (unpaired) electrons. The summed E-state index contributed by atoms with van der Waals surface area (Å²) in [6, 6.07) is 8.77. The van der Waals surface area contributed by atoms with Crippen LogP contribution in [0.5, 0.6) is 0 Å². The lowest BCUT2D eigenvalue weighted by Crippen LogP contribution is -2.32. The number of amides is 1. The number of aliphatic hydroxyl groups is 1. The van der Waals surface area contributed by atoms with Crippen LogP contribution in [-0.2, 0) is 11.3 Å². The summed E-state index contributed by atoms with van der Waals surface area (Å²) >= 11 is 0. The molecule has 1 N–H and O–H groups in total. The first-order chi connectivity index (χ1) is 9.06. The largest absolute Gasteiger partial charge is 0.393 e. The fourth-order valence-corrected chi connectivity index (χ4v) is 2.17. The van der Waals surface area contributed by atoms with Crippen LogP contribution in [0.4, 0.5) is 0 Å². The molecule has 1 atom stereocenters. The first-order valence-corrected chi connectivity index (χ1v) is 7.09. The van der Waals surface area contributed by atoms with Gasteiger partial charge in [-0.05, 0) is 38.7 Å². The van der Waals surface area contributed by atoms with E-state index in [1.165, 1.54) is 11.1 Å². The molecule has 2 rings (SSSR count). The molecule has 0 spiro atoms. The third-order valence-corrected chi connectivity index (χ3v) is 3.56. The van der Waals surface area contributed by atoms with Crippen LogP contribution in [0, 0.1) is 6.92 Å². The summed E-state index contributed by atoms with van der Waals surface area (Å²) in [6.45, 7) is 4.49. The summed E-state index contributed by atoms with van der Waals surface area (Å²) < 4.78 is 0. The number of aryl methyl sites for hydroxylation is 1. The van der Waals surface area contributed by atoms with E-state index in [4.69, 9.17) is 0 Å². The number of benzene rings is 1. The molecule has 1 fully saturated rings. The molecular formula is C16H23NO2. The Bertz CT molecular complexity index is 421. The molecule has 1 amide bonds. The Morgan fingerprint density at radius 3 is 2.53 bits per heavy atom. The number of nitrogens with zero attached hydrogens (tertiary/aromatic N) is 1. The molecule has 104 valence electrons. The number of aliphatic hydroxyl groups excluding tert-OH is 1. The van der Waals surface area contributed by atoms with E-state index in [1.807, 2.05) is 4.90 Å². The van der Waals surface area contributed by atoms with E-state index >= 15 is 0 Å².